The lowest BCUT2D eigenvalue weighted by Gasteiger charge is -2.57. The Morgan fingerprint density at radius 1 is 1.29 bits per heavy atom. The van der Waals surface area contributed by atoms with Gasteiger partial charge in [0.1, 0.15) is 0 Å². The fourth-order valence-corrected chi connectivity index (χ4v) is 3.08. The Balaban J connectivity index is 2.25. The van der Waals surface area contributed by atoms with Crippen LogP contribution in [0.3, 0.4) is 0 Å². The minimum atomic E-state index is -0.0348. The first-order valence-corrected chi connectivity index (χ1v) is 5.68. The molecule has 0 aromatic rings. The van der Waals surface area contributed by atoms with E-state index in [0.29, 0.717) is 5.92 Å². The first kappa shape index (κ1) is 10.2. The van der Waals surface area contributed by atoms with Crippen molar-refractivity contribution in [2.24, 2.45) is 11.3 Å². The second-order valence-electron chi connectivity index (χ2n) is 5.66. The van der Waals surface area contributed by atoms with E-state index >= 15 is 0 Å². The summed E-state index contributed by atoms with van der Waals surface area (Å²) in [6.45, 7) is 6.73. The number of rotatable bonds is 2. The Bertz CT molecular complexity index is 239. The standard InChI is InChI=1S/C12H20NO/c1-9(2)12-6-4-11(3,5-7-12)10(8-14)13-12/h9-10,13H,4-7H2,1-3H3. The molecule has 2 aliphatic heterocycles. The van der Waals surface area contributed by atoms with Gasteiger partial charge in [0, 0.05) is 5.54 Å². The van der Waals surface area contributed by atoms with E-state index in [0.717, 1.165) is 0 Å². The zero-order valence-corrected chi connectivity index (χ0v) is 9.39. The molecule has 1 N–H and O–H groups in total. The predicted molar refractivity (Wildman–Crippen MR) is 56.8 cm³/mol. The van der Waals surface area contributed by atoms with E-state index < -0.39 is 0 Å². The summed E-state index contributed by atoms with van der Waals surface area (Å²) in [5, 5.41) is 3.53. The van der Waals surface area contributed by atoms with Gasteiger partial charge in [-0.25, -0.2) is 0 Å². The van der Waals surface area contributed by atoms with Crippen LogP contribution in [-0.2, 0) is 4.79 Å². The van der Waals surface area contributed by atoms with Gasteiger partial charge in [-0.05, 0) is 37.0 Å². The van der Waals surface area contributed by atoms with Gasteiger partial charge in [0.15, 0.2) is 0 Å². The first-order valence-electron chi connectivity index (χ1n) is 5.68. The molecule has 2 nitrogen and oxygen atoms in total. The van der Waals surface area contributed by atoms with Crippen molar-refractivity contribution in [2.75, 3.05) is 0 Å². The van der Waals surface area contributed by atoms with Gasteiger partial charge in [0.2, 0.25) is 6.29 Å². The van der Waals surface area contributed by atoms with E-state index in [2.05, 4.69) is 32.4 Å². The molecule has 3 rings (SSSR count). The normalized spacial score (nSPS) is 47.0. The summed E-state index contributed by atoms with van der Waals surface area (Å²) in [4.78, 5) is 10.9. The van der Waals surface area contributed by atoms with Crippen LogP contribution in [0.4, 0.5) is 0 Å². The van der Waals surface area contributed by atoms with Crippen molar-refractivity contribution in [3.8, 4) is 0 Å². The van der Waals surface area contributed by atoms with Gasteiger partial charge in [0.05, 0.1) is 6.04 Å². The topological polar surface area (TPSA) is 29.1 Å². The van der Waals surface area contributed by atoms with Crippen LogP contribution in [0, 0.1) is 11.3 Å². The van der Waals surface area contributed by atoms with Gasteiger partial charge in [-0.1, -0.05) is 20.8 Å². The molecule has 14 heavy (non-hydrogen) atoms. The van der Waals surface area contributed by atoms with Crippen LogP contribution in [-0.4, -0.2) is 17.9 Å². The van der Waals surface area contributed by atoms with Crippen molar-refractivity contribution < 1.29 is 4.79 Å². The lowest BCUT2D eigenvalue weighted by molar-refractivity contribution is -0.00129. The highest BCUT2D eigenvalue weighted by atomic mass is 16.1. The van der Waals surface area contributed by atoms with Gasteiger partial charge in [-0.2, -0.15) is 0 Å². The predicted octanol–water partition coefficient (Wildman–Crippen LogP) is 2.04. The van der Waals surface area contributed by atoms with Crippen molar-refractivity contribution in [1.29, 1.82) is 0 Å². The van der Waals surface area contributed by atoms with E-state index in [1.165, 1.54) is 25.7 Å². The van der Waals surface area contributed by atoms with Crippen molar-refractivity contribution in [1.82, 2.24) is 5.32 Å². The molecule has 1 aliphatic carbocycles. The summed E-state index contributed by atoms with van der Waals surface area (Å²) in [5.41, 5.74) is 0.401. The molecule has 2 bridgehead atoms. The average Bonchev–Trinajstić information content (AvgIpc) is 2.18. The third-order valence-electron chi connectivity index (χ3n) is 4.64. The largest absolute Gasteiger partial charge is 0.301 e. The van der Waals surface area contributed by atoms with E-state index in [4.69, 9.17) is 0 Å². The lowest BCUT2D eigenvalue weighted by Crippen LogP contribution is -2.67. The SMILES string of the molecule is CC(C)C12CCC(C)(CC1)C([C]=O)N2. The number of carbonyl (C=O) groups excluding carboxylic acids is 1. The average molecular weight is 194 g/mol. The Labute approximate surface area is 86.5 Å². The second kappa shape index (κ2) is 3.06. The molecule has 0 aromatic heterocycles. The quantitative estimate of drug-likeness (QED) is 0.729. The molecule has 2 saturated heterocycles. The van der Waals surface area contributed by atoms with Crippen molar-refractivity contribution >= 4 is 6.29 Å². The smallest absolute Gasteiger partial charge is 0.217 e. The third-order valence-corrected chi connectivity index (χ3v) is 4.64. The van der Waals surface area contributed by atoms with Crippen molar-refractivity contribution in [3.63, 3.8) is 0 Å². The molecule has 0 amide bonds. The molecule has 0 spiro atoms. The van der Waals surface area contributed by atoms with Crippen LogP contribution in [0.1, 0.15) is 46.5 Å². The number of piperidine rings is 2. The van der Waals surface area contributed by atoms with E-state index in [-0.39, 0.29) is 17.0 Å². The molecular weight excluding hydrogens is 174 g/mol. The maximum Gasteiger partial charge on any atom is 0.217 e. The number of hydrogen-bond acceptors (Lipinski definition) is 2. The number of nitrogens with one attached hydrogen (secondary N) is 1. The molecule has 2 heteroatoms. The monoisotopic (exact) mass is 194 g/mol. The molecule has 1 saturated carbocycles. The molecule has 3 aliphatic rings. The highest BCUT2D eigenvalue weighted by Gasteiger charge is 2.52. The Hall–Kier alpha value is -0.370. The van der Waals surface area contributed by atoms with E-state index in [1.807, 2.05) is 0 Å². The highest BCUT2D eigenvalue weighted by Crippen LogP contribution is 2.50. The van der Waals surface area contributed by atoms with Gasteiger partial charge < -0.3 is 5.32 Å². The molecular formula is C12H20NO. The zero-order valence-electron chi connectivity index (χ0n) is 9.39. The number of hydrogen-bond donors (Lipinski definition) is 1. The van der Waals surface area contributed by atoms with Crippen LogP contribution >= 0.6 is 0 Å². The molecule has 3 fully saturated rings. The summed E-state index contributed by atoms with van der Waals surface area (Å²) >= 11 is 0. The molecule has 1 atom stereocenters. The number of fused-ring (bicyclic) bond motifs is 3. The maximum absolute atomic E-state index is 10.9. The molecule has 79 valence electrons. The summed E-state index contributed by atoms with van der Waals surface area (Å²) in [6, 6.07) is -0.0348. The summed E-state index contributed by atoms with van der Waals surface area (Å²) in [7, 11) is 0. The summed E-state index contributed by atoms with van der Waals surface area (Å²) < 4.78 is 0. The zero-order chi connectivity index (χ0) is 10.4. The maximum atomic E-state index is 10.9. The van der Waals surface area contributed by atoms with Gasteiger partial charge in [-0.3, -0.25) is 4.79 Å². The molecule has 1 radical (unpaired) electrons. The van der Waals surface area contributed by atoms with Crippen LogP contribution in [0.5, 0.6) is 0 Å². The molecule has 2 heterocycles. The third kappa shape index (κ3) is 1.23. The van der Waals surface area contributed by atoms with E-state index in [9.17, 15) is 4.79 Å². The Morgan fingerprint density at radius 3 is 2.29 bits per heavy atom. The van der Waals surface area contributed by atoms with Gasteiger partial charge in [0.25, 0.3) is 0 Å². The van der Waals surface area contributed by atoms with Crippen LogP contribution in [0.15, 0.2) is 0 Å². The van der Waals surface area contributed by atoms with Crippen molar-refractivity contribution in [3.05, 3.63) is 0 Å². The Morgan fingerprint density at radius 2 is 1.86 bits per heavy atom. The lowest BCUT2D eigenvalue weighted by atomic mass is 9.57. The molecule has 1 unspecified atom stereocenters. The van der Waals surface area contributed by atoms with Gasteiger partial charge in [-0.15, -0.1) is 0 Å². The highest BCUT2D eigenvalue weighted by molar-refractivity contribution is 5.61. The van der Waals surface area contributed by atoms with Crippen LogP contribution in [0.25, 0.3) is 0 Å². The minimum Gasteiger partial charge on any atom is -0.301 e. The summed E-state index contributed by atoms with van der Waals surface area (Å²) in [5.74, 6) is 0.614. The van der Waals surface area contributed by atoms with E-state index in [1.54, 1.807) is 0 Å². The Kier molecular flexibility index (Phi) is 2.22. The van der Waals surface area contributed by atoms with Crippen LogP contribution in [0.2, 0.25) is 0 Å². The fourth-order valence-electron chi connectivity index (χ4n) is 3.08. The first-order chi connectivity index (χ1) is 6.52. The second-order valence-corrected chi connectivity index (χ2v) is 5.66. The molecule has 0 aromatic carbocycles. The fraction of sp³-hybridized carbons (Fsp3) is 0.917. The van der Waals surface area contributed by atoms with Crippen LogP contribution < -0.4 is 5.32 Å². The minimum absolute atomic E-state index is 0.0348. The van der Waals surface area contributed by atoms with Crippen molar-refractivity contribution in [2.45, 2.75) is 58.0 Å². The van der Waals surface area contributed by atoms with Gasteiger partial charge >= 0.3 is 0 Å². The summed E-state index contributed by atoms with van der Waals surface area (Å²) in [6.07, 6.45) is 6.99.